The molecule has 0 fully saturated rings. The van der Waals surface area contributed by atoms with Gasteiger partial charge in [-0.05, 0) is 63.2 Å². The molecule has 1 N–H and O–H groups in total. The first kappa shape index (κ1) is 32.8. The summed E-state index contributed by atoms with van der Waals surface area (Å²) in [6, 6.07) is 23.6. The molecule has 4 aromatic rings. The normalized spacial score (nSPS) is 19.0. The number of hydrogen-bond acceptors (Lipinski definition) is 6. The van der Waals surface area contributed by atoms with E-state index in [-0.39, 0.29) is 25.1 Å². The largest absolute Gasteiger partial charge is 0.289 e. The lowest BCUT2D eigenvalue weighted by Crippen LogP contribution is -2.60. The fraction of sp³-hybridized carbons (Fsp3) is 0.172. The molecule has 9 nitrogen and oxygen atoms in total. The quantitative estimate of drug-likeness (QED) is 0.244. The van der Waals surface area contributed by atoms with E-state index >= 15 is 0 Å². The maximum atomic E-state index is 14.5. The van der Waals surface area contributed by atoms with Gasteiger partial charge in [0.2, 0.25) is 10.0 Å². The summed E-state index contributed by atoms with van der Waals surface area (Å²) in [5.74, 6) is 0. The summed E-state index contributed by atoms with van der Waals surface area (Å²) in [5.41, 5.74) is 2.46. The summed E-state index contributed by atoms with van der Waals surface area (Å²) < 4.78 is 88.7. The third kappa shape index (κ3) is 6.24. The van der Waals surface area contributed by atoms with Crippen molar-refractivity contribution in [1.82, 2.24) is 8.43 Å². The van der Waals surface area contributed by atoms with Crippen molar-refractivity contribution in [2.24, 2.45) is 3.77 Å². The highest BCUT2D eigenvalue weighted by molar-refractivity contribution is 8.06. The fourth-order valence-electron chi connectivity index (χ4n) is 4.39. The number of benzene rings is 4. The topological polar surface area (TPSA) is 130 Å². The van der Waals surface area contributed by atoms with Gasteiger partial charge in [-0.1, -0.05) is 94.5 Å². The summed E-state index contributed by atoms with van der Waals surface area (Å²) in [6.45, 7) is 5.33. The highest BCUT2D eigenvalue weighted by Crippen LogP contribution is 2.49. The zero-order valence-corrected chi connectivity index (χ0v) is 28.3. The highest BCUT2D eigenvalue weighted by atomic mass is 35.5. The van der Waals surface area contributed by atoms with Gasteiger partial charge in [-0.15, -0.1) is 7.48 Å². The number of fused-ring (bicyclic) bond motifs is 1. The Labute approximate surface area is 270 Å². The van der Waals surface area contributed by atoms with Crippen LogP contribution in [0.15, 0.2) is 120 Å². The highest BCUT2D eigenvalue weighted by Gasteiger charge is 2.55. The maximum absolute atomic E-state index is 14.5. The average Bonchev–Trinajstić information content (AvgIpc) is 2.96. The van der Waals surface area contributed by atoms with E-state index in [1.807, 2.05) is 0 Å². The zero-order chi connectivity index (χ0) is 32.1. The van der Waals surface area contributed by atoms with E-state index in [4.69, 9.17) is 23.2 Å². The van der Waals surface area contributed by atoms with Gasteiger partial charge in [-0.3, -0.25) is 0 Å². The van der Waals surface area contributed by atoms with Gasteiger partial charge in [-0.2, -0.15) is 13.1 Å². The molecule has 0 saturated heterocycles. The number of nitrogens with zero attached hydrogens (tertiary/aromatic N) is 2. The van der Waals surface area contributed by atoms with Crippen molar-refractivity contribution >= 4 is 64.1 Å². The Hall–Kier alpha value is -2.62. The van der Waals surface area contributed by atoms with Crippen LogP contribution >= 0.6 is 23.2 Å². The van der Waals surface area contributed by atoms with Crippen LogP contribution in [0.4, 0.5) is 0 Å². The molecule has 1 aliphatic heterocycles. The van der Waals surface area contributed by atoms with E-state index in [1.54, 1.807) is 69.3 Å². The standard InChI is InChI=1S/C29H27Cl2N3O6S4/c1-20-8-14-23(15-9-20)42(35,36)32-28-29(30,31)26-6-4-5-7-27(26)41(33-43(37,38)24-16-10-21(2)11-17-24)34(28)44(39,40)25-18-12-22(3)13-19-25/h4-19,28,32H,1-3H3/t28-,41+/m0/s1. The van der Waals surface area contributed by atoms with Crippen LogP contribution < -0.4 is 4.72 Å². The first-order valence-electron chi connectivity index (χ1n) is 13.0. The Morgan fingerprint density at radius 1 is 0.682 bits per heavy atom. The Balaban J connectivity index is 1.82. The Kier molecular flexibility index (Phi) is 8.90. The number of rotatable bonds is 7. The number of alkyl halides is 2. The molecule has 5 rings (SSSR count). The number of nitrogens with one attached hydrogen (secondary N) is 1. The van der Waals surface area contributed by atoms with Gasteiger partial charge >= 0.3 is 0 Å². The summed E-state index contributed by atoms with van der Waals surface area (Å²) in [7, 11) is -15.9. The van der Waals surface area contributed by atoms with E-state index in [9.17, 15) is 25.3 Å². The summed E-state index contributed by atoms with van der Waals surface area (Å²) >= 11 is 13.8. The monoisotopic (exact) mass is 711 g/mol. The summed E-state index contributed by atoms with van der Waals surface area (Å²) in [4.78, 5) is -0.504. The lowest BCUT2D eigenvalue weighted by Gasteiger charge is -2.43. The van der Waals surface area contributed by atoms with E-state index in [1.165, 1.54) is 48.5 Å². The van der Waals surface area contributed by atoms with Crippen molar-refractivity contribution in [3.8, 4) is 0 Å². The second-order valence-electron chi connectivity index (χ2n) is 10.2. The van der Waals surface area contributed by atoms with Gasteiger partial charge in [0.1, 0.15) is 6.17 Å². The molecule has 0 saturated carbocycles. The minimum atomic E-state index is -4.72. The van der Waals surface area contributed by atoms with Crippen molar-refractivity contribution in [3.63, 3.8) is 0 Å². The van der Waals surface area contributed by atoms with Crippen LogP contribution in [0.3, 0.4) is 0 Å². The second kappa shape index (κ2) is 12.0. The molecule has 0 spiro atoms. The Bertz CT molecular complexity index is 2090. The molecule has 44 heavy (non-hydrogen) atoms. The van der Waals surface area contributed by atoms with Crippen molar-refractivity contribution < 1.29 is 25.3 Å². The molecule has 232 valence electrons. The molecule has 0 aliphatic carbocycles. The lowest BCUT2D eigenvalue weighted by molar-refractivity contribution is 0.384. The first-order valence-corrected chi connectivity index (χ1v) is 19.3. The van der Waals surface area contributed by atoms with Crippen LogP contribution in [-0.4, -0.2) is 35.1 Å². The summed E-state index contributed by atoms with van der Waals surface area (Å²) in [6.07, 6.45) is -1.93. The lowest BCUT2D eigenvalue weighted by atomic mass is 10.1. The predicted octanol–water partition coefficient (Wildman–Crippen LogP) is 5.72. The number of halogens is 2. The van der Waals surface area contributed by atoms with Crippen LogP contribution in [0.25, 0.3) is 0 Å². The van der Waals surface area contributed by atoms with Crippen molar-refractivity contribution in [3.05, 3.63) is 119 Å². The molecule has 1 heterocycles. The average molecular weight is 713 g/mol. The maximum Gasteiger partial charge on any atom is 0.289 e. The molecular formula is C29H27Cl2N3O6S4. The fourth-order valence-corrected chi connectivity index (χ4v) is 12.9. The van der Waals surface area contributed by atoms with Crippen LogP contribution in [0.2, 0.25) is 0 Å². The third-order valence-electron chi connectivity index (χ3n) is 6.81. The third-order valence-corrected chi connectivity index (χ3v) is 15.1. The van der Waals surface area contributed by atoms with Gasteiger partial charge in [0, 0.05) is 21.3 Å². The van der Waals surface area contributed by atoms with Gasteiger partial charge in [0.25, 0.3) is 20.0 Å². The van der Waals surface area contributed by atoms with E-state index in [0.29, 0.717) is 3.71 Å². The minimum absolute atomic E-state index is 0.0923. The first-order chi connectivity index (χ1) is 20.5. The molecule has 4 aromatic carbocycles. The van der Waals surface area contributed by atoms with Crippen LogP contribution in [0.5, 0.6) is 0 Å². The van der Waals surface area contributed by atoms with E-state index < -0.39 is 51.4 Å². The molecule has 0 aromatic heterocycles. The predicted molar refractivity (Wildman–Crippen MR) is 172 cm³/mol. The molecule has 0 amide bonds. The molecule has 15 heteroatoms. The molecule has 0 bridgehead atoms. The van der Waals surface area contributed by atoms with E-state index in [2.05, 4.69) is 8.49 Å². The number of aryl methyl sites for hydroxylation is 3. The molecule has 0 radical (unpaired) electrons. The number of hydrogen-bond donors (Lipinski definition) is 1. The summed E-state index contributed by atoms with van der Waals surface area (Å²) in [5, 5.41) is 0. The van der Waals surface area contributed by atoms with Crippen molar-refractivity contribution in [1.29, 1.82) is 0 Å². The number of sulfonamides is 3. The zero-order valence-electron chi connectivity index (χ0n) is 23.5. The van der Waals surface area contributed by atoms with E-state index in [0.717, 1.165) is 16.7 Å². The van der Waals surface area contributed by atoms with Crippen molar-refractivity contribution in [2.75, 3.05) is 0 Å². The van der Waals surface area contributed by atoms with Gasteiger partial charge in [0.15, 0.2) is 4.33 Å². The van der Waals surface area contributed by atoms with Crippen molar-refractivity contribution in [2.45, 2.75) is 50.9 Å². The van der Waals surface area contributed by atoms with Gasteiger partial charge in [-0.25, -0.2) is 16.8 Å². The SMILES string of the molecule is Cc1ccc(S(=O)(=O)/N=[S@]2\c3ccccc3C(Cl)(Cl)[C@@H](NS(=O)(=O)c3ccc(C)cc3)N2S(=O)(=O)c2ccc(C)cc2)cc1. The molecular weight excluding hydrogens is 686 g/mol. The van der Waals surface area contributed by atoms with Gasteiger partial charge < -0.3 is 0 Å². The van der Waals surface area contributed by atoms with Gasteiger partial charge in [0.05, 0.1) is 14.7 Å². The van der Waals surface area contributed by atoms with Crippen LogP contribution in [0, 0.1) is 20.8 Å². The Morgan fingerprint density at radius 3 is 1.66 bits per heavy atom. The van der Waals surface area contributed by atoms with Crippen LogP contribution in [0.1, 0.15) is 22.3 Å². The minimum Gasteiger partial charge on any atom is -0.207 e. The Morgan fingerprint density at radius 2 is 1.14 bits per heavy atom. The second-order valence-corrected chi connectivity index (χ2v) is 18.7. The molecule has 0 unspecified atom stereocenters. The molecule has 1 aliphatic rings. The molecule has 2 atom stereocenters. The van der Waals surface area contributed by atoms with Crippen LogP contribution in [-0.2, 0) is 45.3 Å². The smallest absolute Gasteiger partial charge is 0.207 e.